The molecule has 1 aromatic heterocycles. The number of amides is 3. The van der Waals surface area contributed by atoms with Gasteiger partial charge in [-0.3, -0.25) is 24.0 Å². The number of hydrogen-bond acceptors (Lipinski definition) is 9. The molecule has 0 spiro atoms. The van der Waals surface area contributed by atoms with Gasteiger partial charge in [0.2, 0.25) is 17.0 Å². The molecule has 3 atom stereocenters. The van der Waals surface area contributed by atoms with Crippen LogP contribution in [0.1, 0.15) is 30.6 Å². The second-order valence-corrected chi connectivity index (χ2v) is 10.9. The van der Waals surface area contributed by atoms with E-state index in [2.05, 4.69) is 26.0 Å². The number of aliphatic carboxylic acids is 1. The van der Waals surface area contributed by atoms with Crippen LogP contribution >= 0.6 is 35.0 Å². The number of carboxylic acid groups (broad SMARTS) is 1. The number of likely N-dealkylation sites (N-methyl/N-ethyl adjacent to an activating group) is 1. The molecule has 13 nitrogen and oxygen atoms in total. The van der Waals surface area contributed by atoms with E-state index in [-0.39, 0.29) is 5.16 Å². The van der Waals surface area contributed by atoms with Crippen LogP contribution in [0.5, 0.6) is 0 Å². The Balaban J connectivity index is 1.62. The number of carboxylic acids is 1. The molecule has 0 aliphatic carbocycles. The number of rotatable bonds is 13. The molecule has 3 aromatic rings. The van der Waals surface area contributed by atoms with E-state index in [4.69, 9.17) is 23.2 Å². The van der Waals surface area contributed by atoms with Crippen molar-refractivity contribution >= 4 is 64.4 Å². The van der Waals surface area contributed by atoms with Gasteiger partial charge in [-0.15, -0.1) is 10.2 Å². The first-order valence-electron chi connectivity index (χ1n) is 12.4. The molecule has 1 heterocycles. The van der Waals surface area contributed by atoms with Gasteiger partial charge >= 0.3 is 5.97 Å². The minimum Gasteiger partial charge on any atom is -0.481 e. The van der Waals surface area contributed by atoms with Gasteiger partial charge in [0.1, 0.15) is 24.7 Å². The van der Waals surface area contributed by atoms with E-state index >= 15 is 0 Å². The van der Waals surface area contributed by atoms with Crippen molar-refractivity contribution in [1.82, 2.24) is 35.7 Å². The van der Waals surface area contributed by atoms with Crippen LogP contribution in [0.2, 0.25) is 10.0 Å². The number of Topliss-reactive ketones (excluding diaryl/α,β-unsaturated/α-hetero) is 1. The van der Waals surface area contributed by atoms with Crippen molar-refractivity contribution in [2.24, 2.45) is 0 Å². The van der Waals surface area contributed by atoms with Gasteiger partial charge in [-0.05, 0) is 55.1 Å². The van der Waals surface area contributed by atoms with E-state index in [1.165, 1.54) is 20.9 Å². The number of nitrogens with one attached hydrogen (secondary N) is 2. The van der Waals surface area contributed by atoms with Crippen molar-refractivity contribution in [2.75, 3.05) is 7.05 Å². The van der Waals surface area contributed by atoms with E-state index < -0.39 is 60.6 Å². The zero-order valence-corrected chi connectivity index (χ0v) is 25.0. The van der Waals surface area contributed by atoms with Crippen LogP contribution in [-0.2, 0) is 25.7 Å². The highest BCUT2D eigenvalue weighted by atomic mass is 35.5. The molecule has 3 unspecified atom stereocenters. The molecule has 0 bridgehead atoms. The normalized spacial score (nSPS) is 13.0. The van der Waals surface area contributed by atoms with Crippen molar-refractivity contribution < 1.29 is 29.1 Å². The Morgan fingerprint density at radius 3 is 2.26 bits per heavy atom. The first-order valence-corrected chi connectivity index (χ1v) is 14.0. The van der Waals surface area contributed by atoms with Crippen LogP contribution in [0.4, 0.5) is 0 Å². The Kier molecular flexibility index (Phi) is 11.4. The second-order valence-electron chi connectivity index (χ2n) is 9.07. The Labute approximate surface area is 254 Å². The topological polar surface area (TPSA) is 176 Å². The van der Waals surface area contributed by atoms with Crippen LogP contribution < -0.4 is 10.6 Å². The summed E-state index contributed by atoms with van der Waals surface area (Å²) in [6.07, 6.45) is -0.718. The minimum absolute atomic E-state index is 0.138. The lowest BCUT2D eigenvalue weighted by Crippen LogP contribution is -2.55. The molecule has 3 N–H and O–H groups in total. The van der Waals surface area contributed by atoms with E-state index in [1.54, 1.807) is 48.5 Å². The van der Waals surface area contributed by atoms with E-state index in [1.807, 2.05) is 0 Å². The highest BCUT2D eigenvalue weighted by molar-refractivity contribution is 7.99. The molecule has 3 amide bonds. The maximum Gasteiger partial charge on any atom is 0.305 e. The number of halogens is 2. The Morgan fingerprint density at radius 2 is 1.64 bits per heavy atom. The van der Waals surface area contributed by atoms with Gasteiger partial charge in [-0.25, -0.2) is 0 Å². The number of aromatic nitrogens is 4. The fourth-order valence-corrected chi connectivity index (χ4v) is 4.93. The monoisotopic (exact) mass is 635 g/mol. The number of tetrazole rings is 1. The van der Waals surface area contributed by atoms with Gasteiger partial charge in [0.05, 0.1) is 21.4 Å². The van der Waals surface area contributed by atoms with Crippen molar-refractivity contribution in [1.29, 1.82) is 0 Å². The quantitative estimate of drug-likeness (QED) is 0.252. The summed E-state index contributed by atoms with van der Waals surface area (Å²) in [4.78, 5) is 65.2. The van der Waals surface area contributed by atoms with Crippen LogP contribution in [-0.4, -0.2) is 84.9 Å². The van der Waals surface area contributed by atoms with Crippen molar-refractivity contribution in [3.8, 4) is 0 Å². The third kappa shape index (κ3) is 8.74. The van der Waals surface area contributed by atoms with E-state index in [9.17, 15) is 29.1 Å². The van der Waals surface area contributed by atoms with Crippen LogP contribution in [0.15, 0.2) is 58.6 Å². The lowest BCUT2D eigenvalue weighted by molar-refractivity contribution is -0.143. The molecule has 222 valence electrons. The number of carbonyl (C=O) groups is 5. The third-order valence-electron chi connectivity index (χ3n) is 5.99. The molecular weight excluding hydrogens is 609 g/mol. The summed E-state index contributed by atoms with van der Waals surface area (Å²) >= 11 is 13.3. The van der Waals surface area contributed by atoms with Gasteiger partial charge in [0, 0.05) is 12.6 Å². The largest absolute Gasteiger partial charge is 0.481 e. The smallest absolute Gasteiger partial charge is 0.305 e. The number of nitrogens with zero attached hydrogens (tertiary/aromatic N) is 5. The first kappa shape index (κ1) is 32.5. The zero-order valence-electron chi connectivity index (χ0n) is 22.7. The molecule has 0 saturated heterocycles. The number of hydrogen-bond donors (Lipinski definition) is 3. The van der Waals surface area contributed by atoms with Gasteiger partial charge in [0.25, 0.3) is 5.91 Å². The van der Waals surface area contributed by atoms with Crippen LogP contribution in [0.25, 0.3) is 0 Å². The van der Waals surface area contributed by atoms with Crippen molar-refractivity contribution in [3.63, 3.8) is 0 Å². The summed E-state index contributed by atoms with van der Waals surface area (Å²) in [5.74, 6) is -3.85. The summed E-state index contributed by atoms with van der Waals surface area (Å²) in [5.41, 5.74) is 0.362. The first-order chi connectivity index (χ1) is 19.9. The van der Waals surface area contributed by atoms with E-state index in [0.29, 0.717) is 20.5 Å². The maximum atomic E-state index is 13.0. The third-order valence-corrected chi connectivity index (χ3v) is 7.83. The predicted octanol–water partition coefficient (Wildman–Crippen LogP) is 2.33. The Bertz CT molecular complexity index is 1450. The highest BCUT2D eigenvalue weighted by Gasteiger charge is 2.31. The predicted molar refractivity (Wildman–Crippen MR) is 153 cm³/mol. The molecule has 2 aromatic carbocycles. The van der Waals surface area contributed by atoms with Crippen molar-refractivity contribution in [3.05, 3.63) is 64.1 Å². The zero-order chi connectivity index (χ0) is 31.0. The van der Waals surface area contributed by atoms with Crippen molar-refractivity contribution in [2.45, 2.75) is 55.0 Å². The minimum atomic E-state index is -1.45. The summed E-state index contributed by atoms with van der Waals surface area (Å²) in [5, 5.41) is 26.9. The molecule has 0 aliphatic rings. The SMILES string of the molecule is CC(NC(=O)c1ccccc1)C(=O)N(C)C(C)C(=O)NC(CC(=O)O)C(=O)Cn1nnc(Sc2c(Cl)cccc2Cl)n1. The molecule has 3 rings (SSSR count). The standard InChI is InChI=1S/C26H27Cl2N7O6S/c1-14(29-24(40)16-8-5-4-6-9-16)25(41)34(3)15(2)23(39)30-19(12-21(37)38)20(36)13-35-32-26(31-33-35)42-22-17(27)10-7-11-18(22)28/h4-11,14-15,19H,12-13H2,1-3H3,(H,29,40)(H,30,39)(H,37,38). The Morgan fingerprint density at radius 1 is 1.00 bits per heavy atom. The lowest BCUT2D eigenvalue weighted by atomic mass is 10.1. The lowest BCUT2D eigenvalue weighted by Gasteiger charge is -2.28. The van der Waals surface area contributed by atoms with Gasteiger partial charge in [0.15, 0.2) is 5.78 Å². The highest BCUT2D eigenvalue weighted by Crippen LogP contribution is 2.36. The molecule has 0 radical (unpaired) electrons. The second kappa shape index (κ2) is 14.8. The average Bonchev–Trinajstić information content (AvgIpc) is 3.40. The van der Waals surface area contributed by atoms with Gasteiger partial charge < -0.3 is 20.6 Å². The summed E-state index contributed by atoms with van der Waals surface area (Å²) < 4.78 is 0. The summed E-state index contributed by atoms with van der Waals surface area (Å²) in [6, 6.07) is 9.72. The van der Waals surface area contributed by atoms with Gasteiger partial charge in [-0.2, -0.15) is 4.80 Å². The molecular formula is C26H27Cl2N7O6S. The fraction of sp³-hybridized carbons (Fsp3) is 0.308. The average molecular weight is 637 g/mol. The van der Waals surface area contributed by atoms with Gasteiger partial charge in [-0.1, -0.05) is 47.5 Å². The van der Waals surface area contributed by atoms with Crippen LogP contribution in [0.3, 0.4) is 0 Å². The molecule has 0 saturated carbocycles. The van der Waals surface area contributed by atoms with E-state index in [0.717, 1.165) is 21.5 Å². The maximum absolute atomic E-state index is 13.0. The summed E-state index contributed by atoms with van der Waals surface area (Å²) in [6.45, 7) is 2.38. The molecule has 42 heavy (non-hydrogen) atoms. The number of carbonyl (C=O) groups excluding carboxylic acids is 4. The number of ketones is 1. The molecule has 0 aliphatic heterocycles. The number of benzene rings is 2. The molecule has 16 heteroatoms. The fourth-order valence-electron chi connectivity index (χ4n) is 3.57. The summed E-state index contributed by atoms with van der Waals surface area (Å²) in [7, 11) is 1.36. The van der Waals surface area contributed by atoms with Crippen LogP contribution in [0, 0.1) is 0 Å². The Hall–Kier alpha value is -4.01. The molecule has 0 fully saturated rings.